The van der Waals surface area contributed by atoms with E-state index >= 15 is 0 Å². The fourth-order valence-electron chi connectivity index (χ4n) is 3.98. The Labute approximate surface area is 217 Å². The molecule has 1 aromatic heterocycles. The molecule has 188 valence electrons. The van der Waals surface area contributed by atoms with Crippen LogP contribution in [0.3, 0.4) is 0 Å². The minimum Gasteiger partial charge on any atom is -0.376 e. The van der Waals surface area contributed by atoms with Crippen LogP contribution in [0.15, 0.2) is 66.0 Å². The smallest absolute Gasteiger partial charge is 0.261 e. The summed E-state index contributed by atoms with van der Waals surface area (Å²) in [4.78, 5) is 41.3. The number of hydrogen-bond donors (Lipinski definition) is 2. The summed E-state index contributed by atoms with van der Waals surface area (Å²) in [7, 11) is 0. The number of anilines is 1. The number of hydrogen-bond acceptors (Lipinski definition) is 5. The highest BCUT2D eigenvalue weighted by molar-refractivity contribution is 7.12. The maximum absolute atomic E-state index is 14.0. The molecule has 0 bridgehead atoms. The Hall–Kier alpha value is -3.27. The zero-order valence-corrected chi connectivity index (χ0v) is 20.9. The molecule has 0 radical (unpaired) electrons. The minimum absolute atomic E-state index is 0.0973. The quantitative estimate of drug-likeness (QED) is 0.431. The Morgan fingerprint density at radius 2 is 1.92 bits per heavy atom. The van der Waals surface area contributed by atoms with Crippen molar-refractivity contribution in [2.45, 2.75) is 25.0 Å². The monoisotopic (exact) mass is 529 g/mol. The molecule has 3 amide bonds. The molecule has 7 nitrogen and oxygen atoms in total. The van der Waals surface area contributed by atoms with Crippen molar-refractivity contribution < 1.29 is 23.5 Å². The van der Waals surface area contributed by atoms with Crippen LogP contribution in [0.1, 0.15) is 34.1 Å². The number of ether oxygens (including phenoxy) is 1. The van der Waals surface area contributed by atoms with E-state index in [9.17, 15) is 18.8 Å². The van der Waals surface area contributed by atoms with Gasteiger partial charge in [0.15, 0.2) is 0 Å². The van der Waals surface area contributed by atoms with Crippen LogP contribution in [0.2, 0.25) is 5.02 Å². The summed E-state index contributed by atoms with van der Waals surface area (Å²) in [6.45, 7) is 0.558. The van der Waals surface area contributed by atoms with Gasteiger partial charge in [-0.05, 0) is 48.1 Å². The number of thiophene rings is 1. The van der Waals surface area contributed by atoms with Gasteiger partial charge in [-0.2, -0.15) is 0 Å². The van der Waals surface area contributed by atoms with E-state index in [1.807, 2.05) is 0 Å². The molecule has 3 aromatic rings. The van der Waals surface area contributed by atoms with Crippen molar-refractivity contribution in [1.29, 1.82) is 0 Å². The molecule has 0 spiro atoms. The molecule has 1 aliphatic heterocycles. The van der Waals surface area contributed by atoms with Crippen LogP contribution in [-0.4, -0.2) is 43.5 Å². The summed E-state index contributed by atoms with van der Waals surface area (Å²) in [6.07, 6.45) is 1.66. The van der Waals surface area contributed by atoms with Gasteiger partial charge in [0, 0.05) is 18.8 Å². The van der Waals surface area contributed by atoms with Crippen LogP contribution in [-0.2, 0) is 14.3 Å². The number of carbonyl (C=O) groups is 3. The van der Waals surface area contributed by atoms with Gasteiger partial charge in [0.25, 0.3) is 5.91 Å². The van der Waals surface area contributed by atoms with E-state index < -0.39 is 29.6 Å². The number of nitrogens with zero attached hydrogens (tertiary/aromatic N) is 1. The minimum atomic E-state index is -1.10. The molecule has 1 aliphatic rings. The predicted octanol–water partition coefficient (Wildman–Crippen LogP) is 4.34. The van der Waals surface area contributed by atoms with Gasteiger partial charge in [0.2, 0.25) is 11.8 Å². The first-order valence-corrected chi connectivity index (χ1v) is 12.7. The first kappa shape index (κ1) is 25.8. The summed E-state index contributed by atoms with van der Waals surface area (Å²) in [5.41, 5.74) is 0.763. The Balaban J connectivity index is 1.65. The van der Waals surface area contributed by atoms with Crippen LogP contribution in [0.4, 0.5) is 10.1 Å². The van der Waals surface area contributed by atoms with Crippen molar-refractivity contribution in [3.63, 3.8) is 0 Å². The summed E-state index contributed by atoms with van der Waals surface area (Å²) in [6, 6.07) is 14.9. The van der Waals surface area contributed by atoms with Gasteiger partial charge >= 0.3 is 0 Å². The third-order valence-corrected chi connectivity index (χ3v) is 6.90. The first-order chi connectivity index (χ1) is 17.4. The normalized spacial score (nSPS) is 15.8. The number of amides is 3. The second-order valence-electron chi connectivity index (χ2n) is 8.22. The molecule has 0 saturated carbocycles. The molecule has 0 unspecified atom stereocenters. The first-order valence-electron chi connectivity index (χ1n) is 11.5. The highest BCUT2D eigenvalue weighted by Gasteiger charge is 2.33. The fourth-order valence-corrected chi connectivity index (χ4v) is 4.79. The highest BCUT2D eigenvalue weighted by Crippen LogP contribution is 2.31. The second-order valence-corrected chi connectivity index (χ2v) is 9.57. The maximum Gasteiger partial charge on any atom is 0.261 e. The molecular weight excluding hydrogens is 505 g/mol. The number of carbonyl (C=O) groups excluding carboxylic acids is 3. The SMILES string of the molecule is O=C(NCC(=O)N(c1ccc(F)c(Cl)c1)[C@@H](C(=O)NC[C@@H]1CCCO1)c1ccccc1)c1cccs1. The second kappa shape index (κ2) is 12.1. The molecule has 2 N–H and O–H groups in total. The summed E-state index contributed by atoms with van der Waals surface area (Å²) >= 11 is 7.28. The van der Waals surface area contributed by atoms with Gasteiger partial charge in [-0.25, -0.2) is 4.39 Å². The Bertz CT molecular complexity index is 1200. The van der Waals surface area contributed by atoms with Gasteiger partial charge in [-0.1, -0.05) is 48.0 Å². The Morgan fingerprint density at radius 1 is 1.11 bits per heavy atom. The van der Waals surface area contributed by atoms with E-state index in [-0.39, 0.29) is 23.4 Å². The average Bonchev–Trinajstić information content (AvgIpc) is 3.61. The van der Waals surface area contributed by atoms with Crippen molar-refractivity contribution in [2.24, 2.45) is 0 Å². The average molecular weight is 530 g/mol. The maximum atomic E-state index is 14.0. The zero-order chi connectivity index (χ0) is 25.5. The summed E-state index contributed by atoms with van der Waals surface area (Å²) in [5, 5.41) is 7.06. The molecule has 0 aliphatic carbocycles. The summed E-state index contributed by atoms with van der Waals surface area (Å²) in [5.74, 6) is -2.06. The molecule has 4 rings (SSSR count). The molecule has 2 aromatic carbocycles. The van der Waals surface area contributed by atoms with Crippen molar-refractivity contribution in [2.75, 3.05) is 24.6 Å². The van der Waals surface area contributed by atoms with E-state index in [0.717, 1.165) is 18.9 Å². The van der Waals surface area contributed by atoms with Crippen molar-refractivity contribution in [3.8, 4) is 0 Å². The van der Waals surface area contributed by atoms with Crippen LogP contribution >= 0.6 is 22.9 Å². The predicted molar refractivity (Wildman–Crippen MR) is 137 cm³/mol. The van der Waals surface area contributed by atoms with Crippen molar-refractivity contribution in [1.82, 2.24) is 10.6 Å². The number of benzene rings is 2. The molecule has 1 fully saturated rings. The molecule has 2 heterocycles. The van der Waals surface area contributed by atoms with Crippen LogP contribution < -0.4 is 15.5 Å². The third-order valence-electron chi connectivity index (χ3n) is 5.74. The van der Waals surface area contributed by atoms with Gasteiger partial charge in [0.1, 0.15) is 11.9 Å². The highest BCUT2D eigenvalue weighted by atomic mass is 35.5. The Kier molecular flexibility index (Phi) is 8.69. The van der Waals surface area contributed by atoms with Crippen molar-refractivity contribution >= 4 is 46.3 Å². The summed E-state index contributed by atoms with van der Waals surface area (Å²) < 4.78 is 19.6. The van der Waals surface area contributed by atoms with Gasteiger partial charge in [-0.3, -0.25) is 19.3 Å². The lowest BCUT2D eigenvalue weighted by atomic mass is 10.0. The number of nitrogens with one attached hydrogen (secondary N) is 2. The van der Waals surface area contributed by atoms with E-state index in [0.29, 0.717) is 23.6 Å². The van der Waals surface area contributed by atoms with Gasteiger partial charge in [0.05, 0.1) is 22.5 Å². The molecular formula is C26H25ClFN3O4S. The lowest BCUT2D eigenvalue weighted by Gasteiger charge is -2.32. The van der Waals surface area contributed by atoms with E-state index in [1.54, 1.807) is 47.8 Å². The van der Waals surface area contributed by atoms with Crippen molar-refractivity contribution in [3.05, 3.63) is 87.3 Å². The standard InChI is InChI=1S/C26H25ClFN3O4S/c27-20-14-18(10-11-21(20)28)31(23(32)16-30-25(33)22-9-5-13-36-22)24(17-6-2-1-3-7-17)26(34)29-15-19-8-4-12-35-19/h1-3,5-7,9-11,13-14,19,24H,4,8,12,15-16H2,(H,29,34)(H,30,33)/t19-,24+/m0/s1. The third kappa shape index (κ3) is 6.29. The van der Waals surface area contributed by atoms with Crippen LogP contribution in [0.25, 0.3) is 0 Å². The topological polar surface area (TPSA) is 87.7 Å². The lowest BCUT2D eigenvalue weighted by Crippen LogP contribution is -2.48. The molecule has 36 heavy (non-hydrogen) atoms. The molecule has 10 heteroatoms. The lowest BCUT2D eigenvalue weighted by molar-refractivity contribution is -0.126. The number of halogens is 2. The van der Waals surface area contributed by atoms with E-state index in [4.69, 9.17) is 16.3 Å². The van der Waals surface area contributed by atoms with E-state index in [2.05, 4.69) is 10.6 Å². The van der Waals surface area contributed by atoms with E-state index in [1.165, 1.54) is 28.4 Å². The van der Waals surface area contributed by atoms with Gasteiger partial charge < -0.3 is 15.4 Å². The largest absolute Gasteiger partial charge is 0.376 e. The Morgan fingerprint density at radius 3 is 2.58 bits per heavy atom. The van der Waals surface area contributed by atoms with Crippen LogP contribution in [0.5, 0.6) is 0 Å². The molecule has 2 atom stereocenters. The van der Waals surface area contributed by atoms with Gasteiger partial charge in [-0.15, -0.1) is 11.3 Å². The number of rotatable bonds is 9. The molecule has 1 saturated heterocycles. The fraction of sp³-hybridized carbons (Fsp3) is 0.269. The zero-order valence-electron chi connectivity index (χ0n) is 19.3. The van der Waals surface area contributed by atoms with Crippen LogP contribution in [0, 0.1) is 5.82 Å².